The van der Waals surface area contributed by atoms with Crippen LogP contribution in [0, 0.1) is 0 Å². The number of rotatable bonds is 5. The van der Waals surface area contributed by atoms with Crippen LogP contribution in [0.25, 0.3) is 0 Å². The van der Waals surface area contributed by atoms with Crippen LogP contribution in [-0.4, -0.2) is 25.9 Å². The van der Waals surface area contributed by atoms with Crippen LogP contribution in [0.2, 0.25) is 5.02 Å². The first-order chi connectivity index (χ1) is 7.65. The van der Waals surface area contributed by atoms with Gasteiger partial charge >= 0.3 is 0 Å². The molecule has 0 aliphatic rings. The highest BCUT2D eigenvalue weighted by Crippen LogP contribution is 2.39. The van der Waals surface area contributed by atoms with E-state index in [9.17, 15) is 0 Å². The summed E-state index contributed by atoms with van der Waals surface area (Å²) in [5.74, 6) is 1.03. The van der Waals surface area contributed by atoms with Crippen LogP contribution in [0.5, 0.6) is 11.5 Å². The summed E-state index contributed by atoms with van der Waals surface area (Å²) >= 11 is 6.16. The minimum Gasteiger partial charge on any atom is -0.493 e. The van der Waals surface area contributed by atoms with Gasteiger partial charge in [-0.1, -0.05) is 17.7 Å². The highest BCUT2D eigenvalue weighted by Gasteiger charge is 2.17. The van der Waals surface area contributed by atoms with E-state index in [2.05, 4.69) is 0 Å². The van der Waals surface area contributed by atoms with Gasteiger partial charge in [0.2, 0.25) is 0 Å². The van der Waals surface area contributed by atoms with Crippen molar-refractivity contribution in [3.8, 4) is 11.5 Å². The minimum absolute atomic E-state index is 0.0197. The van der Waals surface area contributed by atoms with Gasteiger partial charge in [-0.25, -0.2) is 0 Å². The summed E-state index contributed by atoms with van der Waals surface area (Å²) in [6.07, 6.45) is 0.454. The van der Waals surface area contributed by atoms with Gasteiger partial charge in [0, 0.05) is 12.6 Å². The summed E-state index contributed by atoms with van der Waals surface area (Å²) in [7, 11) is 3.06. The maximum absolute atomic E-state index is 8.84. The number of aliphatic hydroxyl groups excluding tert-OH is 1. The third-order valence-electron chi connectivity index (χ3n) is 2.35. The molecular formula is C11H16ClNO3. The van der Waals surface area contributed by atoms with Gasteiger partial charge in [0.15, 0.2) is 11.5 Å². The van der Waals surface area contributed by atoms with Crippen LogP contribution in [0.15, 0.2) is 12.1 Å². The third kappa shape index (κ3) is 2.58. The molecule has 0 heterocycles. The molecule has 0 fully saturated rings. The van der Waals surface area contributed by atoms with Crippen molar-refractivity contribution in [1.82, 2.24) is 0 Å². The Bertz CT molecular complexity index is 357. The molecular weight excluding hydrogens is 230 g/mol. The van der Waals surface area contributed by atoms with E-state index in [1.54, 1.807) is 19.2 Å². The van der Waals surface area contributed by atoms with Gasteiger partial charge in [0.05, 0.1) is 19.2 Å². The fourth-order valence-electron chi connectivity index (χ4n) is 1.49. The van der Waals surface area contributed by atoms with Crippen molar-refractivity contribution in [2.75, 3.05) is 20.8 Å². The maximum atomic E-state index is 8.84. The second kappa shape index (κ2) is 5.94. The summed E-state index contributed by atoms with van der Waals surface area (Å²) in [6, 6.07) is 3.22. The number of hydrogen-bond acceptors (Lipinski definition) is 4. The molecule has 4 nitrogen and oxygen atoms in total. The van der Waals surface area contributed by atoms with Crippen LogP contribution >= 0.6 is 11.6 Å². The number of aliphatic hydroxyl groups is 1. The highest BCUT2D eigenvalue weighted by molar-refractivity contribution is 6.33. The molecule has 0 aromatic heterocycles. The van der Waals surface area contributed by atoms with E-state index < -0.39 is 0 Å². The lowest BCUT2D eigenvalue weighted by Gasteiger charge is -2.16. The Balaban J connectivity index is 3.13. The van der Waals surface area contributed by atoms with Crippen molar-refractivity contribution in [2.24, 2.45) is 5.73 Å². The van der Waals surface area contributed by atoms with Gasteiger partial charge in [-0.05, 0) is 18.1 Å². The summed E-state index contributed by atoms with van der Waals surface area (Å²) in [5.41, 5.74) is 6.62. The largest absolute Gasteiger partial charge is 0.493 e. The van der Waals surface area contributed by atoms with Crippen LogP contribution in [0.4, 0.5) is 0 Å². The van der Waals surface area contributed by atoms with Crippen LogP contribution < -0.4 is 15.2 Å². The topological polar surface area (TPSA) is 64.7 Å². The molecule has 16 heavy (non-hydrogen) atoms. The lowest BCUT2D eigenvalue weighted by molar-refractivity contribution is 0.276. The Morgan fingerprint density at radius 3 is 2.56 bits per heavy atom. The van der Waals surface area contributed by atoms with Gasteiger partial charge in [-0.2, -0.15) is 0 Å². The quantitative estimate of drug-likeness (QED) is 0.829. The van der Waals surface area contributed by atoms with Crippen molar-refractivity contribution in [3.63, 3.8) is 0 Å². The molecule has 0 saturated heterocycles. The Morgan fingerprint density at radius 1 is 1.38 bits per heavy atom. The molecule has 0 saturated carbocycles. The molecule has 5 heteroatoms. The predicted octanol–water partition coefficient (Wildman–Crippen LogP) is 1.74. The van der Waals surface area contributed by atoms with E-state index in [1.807, 2.05) is 0 Å². The average molecular weight is 246 g/mol. The molecule has 1 atom stereocenters. The van der Waals surface area contributed by atoms with E-state index in [1.165, 1.54) is 7.11 Å². The fraction of sp³-hybridized carbons (Fsp3) is 0.455. The van der Waals surface area contributed by atoms with Crippen molar-refractivity contribution < 1.29 is 14.6 Å². The number of methoxy groups -OCH3 is 2. The summed E-state index contributed by atoms with van der Waals surface area (Å²) in [4.78, 5) is 0. The van der Waals surface area contributed by atoms with Gasteiger partial charge in [0.25, 0.3) is 0 Å². The summed E-state index contributed by atoms with van der Waals surface area (Å²) in [5, 5.41) is 9.27. The number of hydrogen-bond donors (Lipinski definition) is 2. The number of halogens is 1. The number of nitrogens with two attached hydrogens (primary N) is 1. The fourth-order valence-corrected chi connectivity index (χ4v) is 1.86. The predicted molar refractivity (Wildman–Crippen MR) is 63.2 cm³/mol. The normalized spacial score (nSPS) is 12.3. The molecule has 0 amide bonds. The second-order valence-corrected chi connectivity index (χ2v) is 3.70. The van der Waals surface area contributed by atoms with Crippen molar-refractivity contribution in [2.45, 2.75) is 12.5 Å². The van der Waals surface area contributed by atoms with E-state index in [-0.39, 0.29) is 12.6 Å². The first kappa shape index (κ1) is 13.1. The smallest absolute Gasteiger partial charge is 0.179 e. The van der Waals surface area contributed by atoms with Gasteiger partial charge in [-0.3, -0.25) is 0 Å². The highest BCUT2D eigenvalue weighted by atomic mass is 35.5. The standard InChI is InChI=1S/C11H16ClNO3/c1-15-9-4-3-7(8(13)5-6-14)10(12)11(9)16-2/h3-4,8,14H,5-6,13H2,1-2H3/t8-/m1/s1. The molecule has 0 spiro atoms. The lowest BCUT2D eigenvalue weighted by Crippen LogP contribution is -2.13. The zero-order valence-corrected chi connectivity index (χ0v) is 10.1. The van der Waals surface area contributed by atoms with E-state index in [4.69, 9.17) is 31.9 Å². The van der Waals surface area contributed by atoms with E-state index in [0.717, 1.165) is 5.56 Å². The molecule has 1 aromatic carbocycles. The molecule has 3 N–H and O–H groups in total. The maximum Gasteiger partial charge on any atom is 0.179 e. The Hall–Kier alpha value is -0.970. The van der Waals surface area contributed by atoms with Crippen LogP contribution in [0.1, 0.15) is 18.0 Å². The van der Waals surface area contributed by atoms with Crippen LogP contribution in [-0.2, 0) is 0 Å². The van der Waals surface area contributed by atoms with E-state index in [0.29, 0.717) is 22.9 Å². The minimum atomic E-state index is -0.308. The first-order valence-electron chi connectivity index (χ1n) is 4.92. The van der Waals surface area contributed by atoms with Gasteiger partial charge in [-0.15, -0.1) is 0 Å². The van der Waals surface area contributed by atoms with Crippen molar-refractivity contribution in [3.05, 3.63) is 22.7 Å². The Morgan fingerprint density at radius 2 is 2.06 bits per heavy atom. The molecule has 1 aromatic rings. The molecule has 0 unspecified atom stereocenters. The average Bonchev–Trinajstić information content (AvgIpc) is 2.28. The molecule has 1 rings (SSSR count). The van der Waals surface area contributed by atoms with Crippen molar-refractivity contribution >= 4 is 11.6 Å². The zero-order chi connectivity index (χ0) is 12.1. The summed E-state index contributed by atoms with van der Waals surface area (Å²) in [6.45, 7) is 0.0197. The lowest BCUT2D eigenvalue weighted by atomic mass is 10.0. The monoisotopic (exact) mass is 245 g/mol. The molecule has 0 bridgehead atoms. The molecule has 0 aliphatic carbocycles. The molecule has 0 aliphatic heterocycles. The van der Waals surface area contributed by atoms with Gasteiger partial charge in [0.1, 0.15) is 0 Å². The molecule has 90 valence electrons. The van der Waals surface area contributed by atoms with Gasteiger partial charge < -0.3 is 20.3 Å². The van der Waals surface area contributed by atoms with Crippen LogP contribution in [0.3, 0.4) is 0 Å². The number of ether oxygens (including phenoxy) is 2. The Labute approximate surface area is 99.9 Å². The zero-order valence-electron chi connectivity index (χ0n) is 9.37. The second-order valence-electron chi connectivity index (χ2n) is 3.32. The SMILES string of the molecule is COc1ccc([C@H](N)CCO)c(Cl)c1OC. The van der Waals surface area contributed by atoms with E-state index >= 15 is 0 Å². The first-order valence-corrected chi connectivity index (χ1v) is 5.30. The molecule has 0 radical (unpaired) electrons. The number of benzene rings is 1. The summed E-state index contributed by atoms with van der Waals surface area (Å²) < 4.78 is 10.3. The Kier molecular flexibility index (Phi) is 4.86. The van der Waals surface area contributed by atoms with Crippen molar-refractivity contribution in [1.29, 1.82) is 0 Å². The third-order valence-corrected chi connectivity index (χ3v) is 2.74.